The number of alkyl halides is 3. The molecule has 2 fully saturated rings. The van der Waals surface area contributed by atoms with Crippen molar-refractivity contribution in [2.45, 2.75) is 98.8 Å². The minimum atomic E-state index is -4.56. The molecule has 0 spiro atoms. The van der Waals surface area contributed by atoms with Crippen molar-refractivity contribution in [3.63, 3.8) is 0 Å². The van der Waals surface area contributed by atoms with Crippen LogP contribution in [0.5, 0.6) is 0 Å². The van der Waals surface area contributed by atoms with Crippen LogP contribution in [0.1, 0.15) is 60.8 Å². The van der Waals surface area contributed by atoms with Crippen molar-refractivity contribution in [1.29, 1.82) is 0 Å². The van der Waals surface area contributed by atoms with E-state index in [0.717, 1.165) is 36.5 Å². The molecule has 6 heteroatoms. The zero-order chi connectivity index (χ0) is 22.1. The van der Waals surface area contributed by atoms with Gasteiger partial charge in [-0.25, -0.2) is 0 Å². The van der Waals surface area contributed by atoms with E-state index in [-0.39, 0.29) is 6.42 Å². The van der Waals surface area contributed by atoms with Crippen molar-refractivity contribution < 1.29 is 22.7 Å². The van der Waals surface area contributed by atoms with Gasteiger partial charge in [0, 0.05) is 8.07 Å². The van der Waals surface area contributed by atoms with Crippen LogP contribution < -0.4 is 0 Å². The maximum absolute atomic E-state index is 12.5. The number of halogens is 3. The smallest absolute Gasteiger partial charge is 0.404 e. The number of carbonyl (C=O) groups is 1. The average molecular weight is 423 g/mol. The van der Waals surface area contributed by atoms with E-state index in [2.05, 4.69) is 38.2 Å². The molecule has 0 aromatic rings. The molecule has 2 rings (SSSR count). The highest BCUT2D eigenvalue weighted by Crippen LogP contribution is 2.56. The quantitative estimate of drug-likeness (QED) is 0.347. The van der Waals surface area contributed by atoms with Gasteiger partial charge in [-0.2, -0.15) is 13.2 Å². The molecule has 2 nitrogen and oxygen atoms in total. The number of fused-ring (bicyclic) bond motifs is 2. The SMILES string of the molecule is CC1C2CC(C[Si](C)(C)C)C(C2)C1C.CCC(C)(C(=O)OC(C)C)C(F)(F)F. The standard InChI is InChI=1S/C13H26Si.C9H15F3O2/c1-9-10(2)13-7-11(9)6-12(13)8-14(3,4)5;1-5-8(4,9(10,11)12)7(13)14-6(2)3/h9-13H,6-8H2,1-5H3;6H,5H2,1-4H3. The Morgan fingerprint density at radius 3 is 1.96 bits per heavy atom. The van der Waals surface area contributed by atoms with Crippen molar-refractivity contribution in [3.05, 3.63) is 0 Å². The maximum atomic E-state index is 12.5. The van der Waals surface area contributed by atoms with Gasteiger partial charge in [-0.1, -0.05) is 46.5 Å². The first-order chi connectivity index (χ1) is 12.5. The molecule has 2 saturated carbocycles. The van der Waals surface area contributed by atoms with E-state index in [4.69, 9.17) is 0 Å². The Morgan fingerprint density at radius 1 is 1.11 bits per heavy atom. The molecule has 0 aromatic heterocycles. The van der Waals surface area contributed by atoms with Crippen LogP contribution in [0.3, 0.4) is 0 Å². The van der Waals surface area contributed by atoms with Crippen LogP contribution in [-0.4, -0.2) is 26.3 Å². The highest BCUT2D eigenvalue weighted by atomic mass is 28.3. The van der Waals surface area contributed by atoms with E-state index >= 15 is 0 Å². The Kier molecular flexibility index (Phi) is 8.28. The molecule has 0 aliphatic heterocycles. The Balaban J connectivity index is 0.000000280. The second kappa shape index (κ2) is 9.09. The van der Waals surface area contributed by atoms with Crippen LogP contribution in [-0.2, 0) is 9.53 Å². The third-order valence-corrected chi connectivity index (χ3v) is 8.78. The number of rotatable bonds is 5. The first kappa shape index (κ1) is 25.5. The van der Waals surface area contributed by atoms with Gasteiger partial charge in [0.2, 0.25) is 0 Å². The molecule has 0 saturated heterocycles. The summed E-state index contributed by atoms with van der Waals surface area (Å²) < 4.78 is 42.1. The van der Waals surface area contributed by atoms with Crippen LogP contribution in [0, 0.1) is 35.0 Å². The van der Waals surface area contributed by atoms with Gasteiger partial charge in [-0.3, -0.25) is 4.79 Å². The maximum Gasteiger partial charge on any atom is 0.404 e. The van der Waals surface area contributed by atoms with Gasteiger partial charge in [-0.05, 0) is 69.6 Å². The first-order valence-electron chi connectivity index (χ1n) is 10.8. The van der Waals surface area contributed by atoms with E-state index in [1.165, 1.54) is 20.8 Å². The van der Waals surface area contributed by atoms with Gasteiger partial charge in [-0.15, -0.1) is 0 Å². The van der Waals surface area contributed by atoms with Crippen molar-refractivity contribution in [2.75, 3.05) is 0 Å². The van der Waals surface area contributed by atoms with Gasteiger partial charge in [0.25, 0.3) is 0 Å². The van der Waals surface area contributed by atoms with Gasteiger partial charge in [0.1, 0.15) is 0 Å². The van der Waals surface area contributed by atoms with E-state index in [9.17, 15) is 18.0 Å². The first-order valence-corrected chi connectivity index (χ1v) is 14.5. The number of carbonyl (C=O) groups excluding carboxylic acids is 1. The van der Waals surface area contributed by atoms with Gasteiger partial charge in [0.05, 0.1) is 6.10 Å². The Bertz CT molecular complexity index is 525. The normalized spacial score (nSPS) is 32.0. The van der Waals surface area contributed by atoms with Crippen molar-refractivity contribution >= 4 is 14.0 Å². The summed E-state index contributed by atoms with van der Waals surface area (Å²) in [5.41, 5.74) is -2.39. The molecule has 6 atom stereocenters. The topological polar surface area (TPSA) is 26.3 Å². The third kappa shape index (κ3) is 5.99. The molecule has 0 heterocycles. The molecule has 0 amide bonds. The number of esters is 1. The number of hydrogen-bond donors (Lipinski definition) is 0. The lowest BCUT2D eigenvalue weighted by Crippen LogP contribution is -2.43. The second-order valence-corrected chi connectivity index (χ2v) is 16.3. The molecule has 6 unspecified atom stereocenters. The molecule has 2 aliphatic carbocycles. The Hall–Kier alpha value is -0.523. The molecular formula is C22H41F3O2Si. The summed E-state index contributed by atoms with van der Waals surface area (Å²) in [5, 5.41) is 0. The van der Waals surface area contributed by atoms with Crippen LogP contribution in [0.25, 0.3) is 0 Å². The van der Waals surface area contributed by atoms with E-state index in [1.54, 1.807) is 18.9 Å². The second-order valence-electron chi connectivity index (χ2n) is 10.8. The summed E-state index contributed by atoms with van der Waals surface area (Å²) in [7, 11) is -0.811. The van der Waals surface area contributed by atoms with Crippen LogP contribution >= 0.6 is 0 Å². The highest BCUT2D eigenvalue weighted by molar-refractivity contribution is 6.76. The van der Waals surface area contributed by atoms with E-state index < -0.39 is 31.7 Å². The zero-order valence-corrected chi connectivity index (χ0v) is 20.2. The van der Waals surface area contributed by atoms with Crippen molar-refractivity contribution in [2.24, 2.45) is 35.0 Å². The van der Waals surface area contributed by atoms with Gasteiger partial charge < -0.3 is 4.74 Å². The Labute approximate surface area is 171 Å². The monoisotopic (exact) mass is 422 g/mol. The fourth-order valence-electron chi connectivity index (χ4n) is 4.92. The zero-order valence-electron chi connectivity index (χ0n) is 19.2. The molecule has 28 heavy (non-hydrogen) atoms. The number of ether oxygens (including phenoxy) is 1. The average Bonchev–Trinajstić information content (AvgIpc) is 3.03. The minimum absolute atomic E-state index is 0.317. The lowest BCUT2D eigenvalue weighted by molar-refractivity contribution is -0.232. The lowest BCUT2D eigenvalue weighted by Gasteiger charge is -2.34. The summed E-state index contributed by atoms with van der Waals surface area (Å²) in [5.74, 6) is 4.14. The minimum Gasteiger partial charge on any atom is -0.462 e. The predicted molar refractivity (Wildman–Crippen MR) is 112 cm³/mol. The summed E-state index contributed by atoms with van der Waals surface area (Å²) in [6.07, 6.45) is -2.27. The number of hydrogen-bond acceptors (Lipinski definition) is 2. The van der Waals surface area contributed by atoms with E-state index in [0.29, 0.717) is 0 Å². The van der Waals surface area contributed by atoms with Gasteiger partial charge in [0.15, 0.2) is 5.41 Å². The summed E-state index contributed by atoms with van der Waals surface area (Å²) in [6, 6.07) is 1.59. The third-order valence-electron chi connectivity index (χ3n) is 7.03. The Morgan fingerprint density at radius 2 is 1.64 bits per heavy atom. The molecule has 0 aromatic carbocycles. The van der Waals surface area contributed by atoms with Crippen LogP contribution in [0.15, 0.2) is 0 Å². The highest BCUT2D eigenvalue weighted by Gasteiger charge is 2.56. The summed E-state index contributed by atoms with van der Waals surface area (Å²) in [6.45, 7) is 17.8. The molecular weight excluding hydrogens is 381 g/mol. The van der Waals surface area contributed by atoms with E-state index in [1.807, 2.05) is 0 Å². The van der Waals surface area contributed by atoms with Crippen LogP contribution in [0.2, 0.25) is 25.7 Å². The molecule has 0 N–H and O–H groups in total. The molecule has 2 aliphatic rings. The largest absolute Gasteiger partial charge is 0.462 e. The van der Waals surface area contributed by atoms with Crippen LogP contribution in [0.4, 0.5) is 13.2 Å². The van der Waals surface area contributed by atoms with Crippen molar-refractivity contribution in [3.8, 4) is 0 Å². The molecule has 0 radical (unpaired) electrons. The fraction of sp³-hybridized carbons (Fsp3) is 0.955. The predicted octanol–water partition coefficient (Wildman–Crippen LogP) is 7.17. The van der Waals surface area contributed by atoms with Crippen molar-refractivity contribution in [1.82, 2.24) is 0 Å². The summed E-state index contributed by atoms with van der Waals surface area (Å²) in [4.78, 5) is 11.2. The molecule has 2 bridgehead atoms. The van der Waals surface area contributed by atoms with Gasteiger partial charge >= 0.3 is 12.1 Å². The lowest BCUT2D eigenvalue weighted by atomic mass is 9.76. The fourth-order valence-corrected chi connectivity index (χ4v) is 6.96. The molecule has 166 valence electrons. The summed E-state index contributed by atoms with van der Waals surface area (Å²) >= 11 is 0.